The molecule has 0 saturated carbocycles. The highest BCUT2D eigenvalue weighted by atomic mass is 16.5. The zero-order valence-electron chi connectivity index (χ0n) is 11.6. The molecular formula is C13H16N2O5. The number of hydrogen-bond donors (Lipinski definition) is 1. The van der Waals surface area contributed by atoms with Gasteiger partial charge in [0.05, 0.1) is 0 Å². The second-order valence-electron chi connectivity index (χ2n) is 4.57. The van der Waals surface area contributed by atoms with Crippen LogP contribution in [0.3, 0.4) is 0 Å². The Kier molecular flexibility index (Phi) is 3.78. The van der Waals surface area contributed by atoms with Crippen molar-refractivity contribution in [3.05, 3.63) is 22.6 Å². The predicted octanol–water partition coefficient (Wildman–Crippen LogP) is 0.913. The summed E-state index contributed by atoms with van der Waals surface area (Å²) in [7, 11) is 0. The highest BCUT2D eigenvalue weighted by Gasteiger charge is 2.28. The lowest BCUT2D eigenvalue weighted by Crippen LogP contribution is -2.37. The Bertz CT molecular complexity index is 576. The summed E-state index contributed by atoms with van der Waals surface area (Å²) in [6, 6.07) is -0.461. The van der Waals surface area contributed by atoms with Crippen LogP contribution in [0.25, 0.3) is 0 Å². The van der Waals surface area contributed by atoms with E-state index in [2.05, 4.69) is 5.32 Å². The van der Waals surface area contributed by atoms with Crippen LogP contribution in [0.15, 0.2) is 4.42 Å². The Hall–Kier alpha value is -2.31. The Morgan fingerprint density at radius 1 is 1.30 bits per heavy atom. The van der Waals surface area contributed by atoms with E-state index in [1.54, 1.807) is 20.8 Å². The fourth-order valence-electron chi connectivity index (χ4n) is 2.08. The SMILES string of the molecule is Cc1oc(C)c(C(=O)OCC(=O)N2CCNC2=O)c1C. The lowest BCUT2D eigenvalue weighted by Gasteiger charge is -2.12. The second kappa shape index (κ2) is 5.36. The van der Waals surface area contributed by atoms with Gasteiger partial charge in [0, 0.05) is 18.7 Å². The summed E-state index contributed by atoms with van der Waals surface area (Å²) in [5, 5.41) is 2.50. The van der Waals surface area contributed by atoms with E-state index in [9.17, 15) is 14.4 Å². The number of furan rings is 1. The number of ether oxygens (including phenoxy) is 1. The summed E-state index contributed by atoms with van der Waals surface area (Å²) in [5.74, 6) is -0.0651. The Morgan fingerprint density at radius 2 is 2.00 bits per heavy atom. The maximum Gasteiger partial charge on any atom is 0.342 e. The smallest absolute Gasteiger partial charge is 0.342 e. The quantitative estimate of drug-likeness (QED) is 0.831. The largest absolute Gasteiger partial charge is 0.465 e. The van der Waals surface area contributed by atoms with Crippen molar-refractivity contribution in [3.8, 4) is 0 Å². The molecule has 1 fully saturated rings. The topological polar surface area (TPSA) is 88.8 Å². The van der Waals surface area contributed by atoms with Gasteiger partial charge >= 0.3 is 12.0 Å². The van der Waals surface area contributed by atoms with Crippen LogP contribution in [0.5, 0.6) is 0 Å². The summed E-state index contributed by atoms with van der Waals surface area (Å²) in [5.41, 5.74) is 1.03. The number of aryl methyl sites for hydroxylation is 2. The minimum absolute atomic E-state index is 0.290. The molecule has 0 bridgehead atoms. The number of rotatable bonds is 3. The van der Waals surface area contributed by atoms with Gasteiger partial charge in [-0.15, -0.1) is 0 Å². The molecule has 108 valence electrons. The van der Waals surface area contributed by atoms with E-state index in [1.807, 2.05) is 0 Å². The van der Waals surface area contributed by atoms with E-state index in [4.69, 9.17) is 9.15 Å². The molecule has 7 nitrogen and oxygen atoms in total. The molecule has 0 unspecified atom stereocenters. The normalized spacial score (nSPS) is 14.3. The van der Waals surface area contributed by atoms with Crippen molar-refractivity contribution in [2.75, 3.05) is 19.7 Å². The number of hydrogen-bond acceptors (Lipinski definition) is 5. The lowest BCUT2D eigenvalue weighted by atomic mass is 10.1. The minimum Gasteiger partial charge on any atom is -0.465 e. The molecule has 1 aromatic heterocycles. The van der Waals surface area contributed by atoms with Crippen LogP contribution in [-0.2, 0) is 9.53 Å². The van der Waals surface area contributed by atoms with E-state index in [0.29, 0.717) is 29.2 Å². The highest BCUT2D eigenvalue weighted by molar-refractivity contribution is 5.98. The second-order valence-corrected chi connectivity index (χ2v) is 4.57. The molecule has 1 aliphatic rings. The molecule has 0 aromatic carbocycles. The third kappa shape index (κ3) is 2.52. The van der Waals surface area contributed by atoms with Crippen LogP contribution in [0.4, 0.5) is 4.79 Å². The first-order valence-corrected chi connectivity index (χ1v) is 6.23. The standard InChI is InChI=1S/C13H16N2O5/c1-7-8(2)20-9(3)11(7)12(17)19-6-10(16)15-5-4-14-13(15)18/h4-6H2,1-3H3,(H,14,18). The van der Waals surface area contributed by atoms with Crippen LogP contribution in [-0.4, -0.2) is 42.5 Å². The molecule has 2 heterocycles. The molecule has 20 heavy (non-hydrogen) atoms. The van der Waals surface area contributed by atoms with Gasteiger partial charge in [0.15, 0.2) is 6.61 Å². The van der Waals surface area contributed by atoms with Gasteiger partial charge in [-0.05, 0) is 20.8 Å². The average Bonchev–Trinajstić information content (AvgIpc) is 2.91. The Morgan fingerprint density at radius 3 is 2.50 bits per heavy atom. The molecule has 0 spiro atoms. The third-order valence-electron chi connectivity index (χ3n) is 3.25. The molecule has 1 N–H and O–H groups in total. The summed E-state index contributed by atoms with van der Waals surface area (Å²) in [4.78, 5) is 36.0. The summed E-state index contributed by atoms with van der Waals surface area (Å²) in [6.07, 6.45) is 0. The number of amides is 3. The Labute approximate surface area is 115 Å². The molecule has 2 rings (SSSR count). The van der Waals surface area contributed by atoms with Crippen molar-refractivity contribution in [1.82, 2.24) is 10.2 Å². The molecule has 1 aromatic rings. The van der Waals surface area contributed by atoms with Crippen LogP contribution in [0, 0.1) is 20.8 Å². The first kappa shape index (κ1) is 14.1. The zero-order valence-corrected chi connectivity index (χ0v) is 11.6. The molecule has 0 radical (unpaired) electrons. The number of urea groups is 1. The average molecular weight is 280 g/mol. The van der Waals surface area contributed by atoms with Gasteiger partial charge in [-0.3, -0.25) is 9.69 Å². The van der Waals surface area contributed by atoms with Gasteiger partial charge < -0.3 is 14.5 Å². The van der Waals surface area contributed by atoms with Crippen LogP contribution in [0.1, 0.15) is 27.4 Å². The number of carbonyl (C=O) groups is 3. The minimum atomic E-state index is -0.621. The molecule has 0 aliphatic carbocycles. The van der Waals surface area contributed by atoms with E-state index in [0.717, 1.165) is 4.90 Å². The lowest BCUT2D eigenvalue weighted by molar-refractivity contribution is -0.130. The van der Waals surface area contributed by atoms with Crippen molar-refractivity contribution in [1.29, 1.82) is 0 Å². The van der Waals surface area contributed by atoms with E-state index in [-0.39, 0.29) is 6.54 Å². The van der Waals surface area contributed by atoms with E-state index in [1.165, 1.54) is 0 Å². The van der Waals surface area contributed by atoms with Crippen molar-refractivity contribution in [2.45, 2.75) is 20.8 Å². The van der Waals surface area contributed by atoms with Gasteiger partial charge in [-0.2, -0.15) is 0 Å². The van der Waals surface area contributed by atoms with Crippen LogP contribution < -0.4 is 5.32 Å². The number of esters is 1. The molecule has 3 amide bonds. The van der Waals surface area contributed by atoms with Gasteiger partial charge in [-0.1, -0.05) is 0 Å². The number of imide groups is 1. The molecule has 1 aliphatic heterocycles. The Balaban J connectivity index is 1.98. The maximum absolute atomic E-state index is 11.9. The number of nitrogens with zero attached hydrogens (tertiary/aromatic N) is 1. The molecule has 1 saturated heterocycles. The van der Waals surface area contributed by atoms with Crippen molar-refractivity contribution in [2.24, 2.45) is 0 Å². The van der Waals surface area contributed by atoms with E-state index < -0.39 is 24.5 Å². The third-order valence-corrected chi connectivity index (χ3v) is 3.25. The van der Waals surface area contributed by atoms with Gasteiger partial charge in [0.25, 0.3) is 5.91 Å². The van der Waals surface area contributed by atoms with Crippen molar-refractivity contribution in [3.63, 3.8) is 0 Å². The number of carbonyl (C=O) groups excluding carboxylic acids is 3. The maximum atomic E-state index is 11.9. The summed E-state index contributed by atoms with van der Waals surface area (Å²) < 4.78 is 10.3. The predicted molar refractivity (Wildman–Crippen MR) is 68.3 cm³/mol. The van der Waals surface area contributed by atoms with Crippen molar-refractivity contribution >= 4 is 17.9 Å². The summed E-state index contributed by atoms with van der Waals surface area (Å²) >= 11 is 0. The fourth-order valence-corrected chi connectivity index (χ4v) is 2.08. The number of nitrogens with one attached hydrogen (secondary N) is 1. The monoisotopic (exact) mass is 280 g/mol. The fraction of sp³-hybridized carbons (Fsp3) is 0.462. The van der Waals surface area contributed by atoms with Gasteiger partial charge in [0.2, 0.25) is 0 Å². The van der Waals surface area contributed by atoms with Gasteiger partial charge in [-0.25, -0.2) is 9.59 Å². The van der Waals surface area contributed by atoms with Crippen LogP contribution in [0.2, 0.25) is 0 Å². The van der Waals surface area contributed by atoms with Crippen molar-refractivity contribution < 1.29 is 23.5 Å². The first-order chi connectivity index (χ1) is 9.41. The molecule has 0 atom stereocenters. The molecule has 7 heteroatoms. The van der Waals surface area contributed by atoms with Gasteiger partial charge in [0.1, 0.15) is 17.1 Å². The summed E-state index contributed by atoms with van der Waals surface area (Å²) in [6.45, 7) is 5.40. The zero-order chi connectivity index (χ0) is 14.9. The van der Waals surface area contributed by atoms with Crippen LogP contribution >= 0.6 is 0 Å². The highest BCUT2D eigenvalue weighted by Crippen LogP contribution is 2.21. The first-order valence-electron chi connectivity index (χ1n) is 6.23. The molecular weight excluding hydrogens is 264 g/mol. The van der Waals surface area contributed by atoms with E-state index >= 15 is 0 Å².